The molecule has 1 fully saturated rings. The number of nitrogens with zero attached hydrogens (tertiary/aromatic N) is 2. The fourth-order valence-corrected chi connectivity index (χ4v) is 2.88. The quantitative estimate of drug-likeness (QED) is 0.697. The Hall–Kier alpha value is -0.150. The summed E-state index contributed by atoms with van der Waals surface area (Å²) < 4.78 is 2.08. The summed E-state index contributed by atoms with van der Waals surface area (Å²) in [6.07, 6.45) is 6.08. The van der Waals surface area contributed by atoms with Gasteiger partial charge in [0.05, 0.1) is 12.5 Å². The number of imidazole rings is 1. The largest absolute Gasteiger partial charge is 0.318 e. The lowest BCUT2D eigenvalue weighted by molar-refractivity contribution is 0.500. The van der Waals surface area contributed by atoms with Crippen LogP contribution in [0.5, 0.6) is 0 Å². The molecule has 12 heavy (non-hydrogen) atoms. The number of hydrogen-bond donors (Lipinski definition) is 0. The van der Waals surface area contributed by atoms with Crippen molar-refractivity contribution in [1.29, 1.82) is 0 Å². The van der Waals surface area contributed by atoms with Gasteiger partial charge in [-0.1, -0.05) is 11.6 Å². The lowest BCUT2D eigenvalue weighted by Crippen LogP contribution is -2.15. The standard InChI is InChI=1S/C8H11ClN2S/c9-8-4-10-6-11(8)7-2-1-3-12-5-7/h4,6-7H,1-3,5H2. The second-order valence-electron chi connectivity index (χ2n) is 2.99. The fraction of sp³-hybridized carbons (Fsp3) is 0.625. The molecule has 1 unspecified atom stereocenters. The average Bonchev–Trinajstić information content (AvgIpc) is 2.53. The summed E-state index contributed by atoms with van der Waals surface area (Å²) >= 11 is 7.97. The molecule has 1 atom stereocenters. The monoisotopic (exact) mass is 202 g/mol. The highest BCUT2D eigenvalue weighted by molar-refractivity contribution is 7.99. The van der Waals surface area contributed by atoms with Crippen LogP contribution in [-0.2, 0) is 0 Å². The second kappa shape index (κ2) is 3.71. The maximum absolute atomic E-state index is 5.96. The Morgan fingerprint density at radius 2 is 2.58 bits per heavy atom. The van der Waals surface area contributed by atoms with Gasteiger partial charge in [-0.05, 0) is 18.6 Å². The van der Waals surface area contributed by atoms with Gasteiger partial charge in [0, 0.05) is 11.8 Å². The molecule has 1 aliphatic rings. The smallest absolute Gasteiger partial charge is 0.128 e. The van der Waals surface area contributed by atoms with E-state index >= 15 is 0 Å². The van der Waals surface area contributed by atoms with E-state index in [0.717, 1.165) is 5.15 Å². The fourth-order valence-electron chi connectivity index (χ4n) is 1.50. The van der Waals surface area contributed by atoms with E-state index in [4.69, 9.17) is 11.6 Å². The molecule has 1 aliphatic heterocycles. The van der Waals surface area contributed by atoms with E-state index in [9.17, 15) is 0 Å². The molecule has 0 saturated carbocycles. The van der Waals surface area contributed by atoms with Crippen molar-refractivity contribution in [3.05, 3.63) is 17.7 Å². The van der Waals surface area contributed by atoms with Crippen molar-refractivity contribution in [1.82, 2.24) is 9.55 Å². The Morgan fingerprint density at radius 1 is 1.67 bits per heavy atom. The van der Waals surface area contributed by atoms with Crippen molar-refractivity contribution in [2.45, 2.75) is 18.9 Å². The molecule has 0 aliphatic carbocycles. The molecular formula is C8H11ClN2S. The Labute approximate surface area is 81.3 Å². The van der Waals surface area contributed by atoms with E-state index in [1.165, 1.54) is 24.3 Å². The van der Waals surface area contributed by atoms with Gasteiger partial charge in [-0.2, -0.15) is 11.8 Å². The molecule has 2 nitrogen and oxygen atoms in total. The molecule has 0 spiro atoms. The van der Waals surface area contributed by atoms with Gasteiger partial charge < -0.3 is 4.57 Å². The van der Waals surface area contributed by atoms with Crippen LogP contribution in [0.1, 0.15) is 18.9 Å². The number of thioether (sulfide) groups is 1. The van der Waals surface area contributed by atoms with Crippen molar-refractivity contribution >= 4 is 23.4 Å². The first-order valence-corrected chi connectivity index (χ1v) is 5.66. The zero-order chi connectivity index (χ0) is 8.39. The summed E-state index contributed by atoms with van der Waals surface area (Å²) in [4.78, 5) is 4.02. The third-order valence-corrected chi connectivity index (χ3v) is 3.64. The lowest BCUT2D eigenvalue weighted by atomic mass is 10.2. The first kappa shape index (κ1) is 8.45. The Morgan fingerprint density at radius 3 is 3.17 bits per heavy atom. The summed E-state index contributed by atoms with van der Waals surface area (Å²) in [5.41, 5.74) is 0. The van der Waals surface area contributed by atoms with Gasteiger partial charge in [0.15, 0.2) is 0 Å². The normalized spacial score (nSPS) is 24.2. The molecule has 4 heteroatoms. The molecular weight excluding hydrogens is 192 g/mol. The highest BCUT2D eigenvalue weighted by Gasteiger charge is 2.16. The van der Waals surface area contributed by atoms with Gasteiger partial charge in [0.2, 0.25) is 0 Å². The number of hydrogen-bond acceptors (Lipinski definition) is 2. The molecule has 0 N–H and O–H groups in total. The minimum atomic E-state index is 0.568. The van der Waals surface area contributed by atoms with Crippen molar-refractivity contribution in [3.63, 3.8) is 0 Å². The van der Waals surface area contributed by atoms with Gasteiger partial charge in [0.25, 0.3) is 0 Å². The van der Waals surface area contributed by atoms with Crippen molar-refractivity contribution in [3.8, 4) is 0 Å². The Bertz CT molecular complexity index is 255. The molecule has 66 valence electrons. The van der Waals surface area contributed by atoms with Crippen molar-refractivity contribution in [2.75, 3.05) is 11.5 Å². The van der Waals surface area contributed by atoms with E-state index in [-0.39, 0.29) is 0 Å². The highest BCUT2D eigenvalue weighted by Crippen LogP contribution is 2.28. The van der Waals surface area contributed by atoms with Crippen molar-refractivity contribution < 1.29 is 0 Å². The predicted octanol–water partition coefficient (Wildman–Crippen LogP) is 2.60. The predicted molar refractivity (Wildman–Crippen MR) is 52.8 cm³/mol. The maximum atomic E-state index is 5.96. The third kappa shape index (κ3) is 1.62. The van der Waals surface area contributed by atoms with Gasteiger partial charge in [-0.3, -0.25) is 0 Å². The van der Waals surface area contributed by atoms with Crippen LogP contribution < -0.4 is 0 Å². The molecule has 2 heterocycles. The molecule has 1 aromatic rings. The van der Waals surface area contributed by atoms with Gasteiger partial charge in [-0.15, -0.1) is 0 Å². The van der Waals surface area contributed by atoms with Crippen LogP contribution in [0.15, 0.2) is 12.5 Å². The van der Waals surface area contributed by atoms with Gasteiger partial charge >= 0.3 is 0 Å². The number of halogens is 1. The molecule has 0 aromatic carbocycles. The lowest BCUT2D eigenvalue weighted by Gasteiger charge is -2.22. The summed E-state index contributed by atoms with van der Waals surface area (Å²) in [6, 6.07) is 0.568. The number of rotatable bonds is 1. The van der Waals surface area contributed by atoms with Gasteiger partial charge in [-0.25, -0.2) is 4.98 Å². The van der Waals surface area contributed by atoms with E-state index in [2.05, 4.69) is 9.55 Å². The topological polar surface area (TPSA) is 17.8 Å². The zero-order valence-corrected chi connectivity index (χ0v) is 8.31. The molecule has 1 aromatic heterocycles. The Balaban J connectivity index is 2.13. The minimum absolute atomic E-state index is 0.568. The SMILES string of the molecule is Clc1cncn1C1CCCSC1. The molecule has 1 saturated heterocycles. The van der Waals surface area contributed by atoms with E-state index in [1.807, 2.05) is 18.1 Å². The maximum Gasteiger partial charge on any atom is 0.128 e. The summed E-state index contributed by atoms with van der Waals surface area (Å²) in [7, 11) is 0. The van der Waals surface area contributed by atoms with Crippen LogP contribution in [0.3, 0.4) is 0 Å². The summed E-state index contributed by atoms with van der Waals surface area (Å²) in [5, 5.41) is 0.766. The zero-order valence-electron chi connectivity index (χ0n) is 6.74. The van der Waals surface area contributed by atoms with E-state index in [1.54, 1.807) is 6.20 Å². The minimum Gasteiger partial charge on any atom is -0.318 e. The second-order valence-corrected chi connectivity index (χ2v) is 4.53. The highest BCUT2D eigenvalue weighted by atomic mass is 35.5. The summed E-state index contributed by atoms with van der Waals surface area (Å²) in [5.74, 6) is 2.47. The van der Waals surface area contributed by atoms with Crippen LogP contribution >= 0.6 is 23.4 Å². The molecule has 0 radical (unpaired) electrons. The number of aromatic nitrogens is 2. The molecule has 0 bridgehead atoms. The van der Waals surface area contributed by atoms with E-state index < -0.39 is 0 Å². The first-order valence-electron chi connectivity index (χ1n) is 4.13. The van der Waals surface area contributed by atoms with E-state index in [0.29, 0.717) is 6.04 Å². The van der Waals surface area contributed by atoms with Crippen LogP contribution in [0.4, 0.5) is 0 Å². The first-order chi connectivity index (χ1) is 5.88. The van der Waals surface area contributed by atoms with Crippen LogP contribution in [0.2, 0.25) is 5.15 Å². The van der Waals surface area contributed by atoms with Crippen molar-refractivity contribution in [2.24, 2.45) is 0 Å². The third-order valence-electron chi connectivity index (χ3n) is 2.15. The average molecular weight is 203 g/mol. The van der Waals surface area contributed by atoms with Crippen LogP contribution in [-0.4, -0.2) is 21.1 Å². The van der Waals surface area contributed by atoms with Crippen LogP contribution in [0, 0.1) is 0 Å². The summed E-state index contributed by atoms with van der Waals surface area (Å²) in [6.45, 7) is 0. The Kier molecular flexibility index (Phi) is 2.61. The molecule has 2 rings (SSSR count). The van der Waals surface area contributed by atoms with Crippen LogP contribution in [0.25, 0.3) is 0 Å². The molecule has 0 amide bonds. The van der Waals surface area contributed by atoms with Gasteiger partial charge in [0.1, 0.15) is 5.15 Å².